The molecule has 0 atom stereocenters. The number of nitrogens with zero attached hydrogens (tertiary/aromatic N) is 1. The van der Waals surface area contributed by atoms with E-state index in [1.54, 1.807) is 0 Å². The average molecular weight is 229 g/mol. The summed E-state index contributed by atoms with van der Waals surface area (Å²) in [5.41, 5.74) is 4.52. The van der Waals surface area contributed by atoms with Crippen molar-refractivity contribution in [1.82, 2.24) is 0 Å². The van der Waals surface area contributed by atoms with E-state index in [2.05, 4.69) is 59.7 Å². The second-order valence-corrected chi connectivity index (χ2v) is 6.83. The van der Waals surface area contributed by atoms with Crippen molar-refractivity contribution < 1.29 is 0 Å². The zero-order valence-corrected chi connectivity index (χ0v) is 12.1. The quantitative estimate of drug-likeness (QED) is 0.644. The number of aryl methyl sites for hydroxylation is 1. The summed E-state index contributed by atoms with van der Waals surface area (Å²) < 4.78 is 0. The lowest BCUT2D eigenvalue weighted by Gasteiger charge is -2.27. The second-order valence-electron chi connectivity index (χ2n) is 6.83. The molecule has 0 unspecified atom stereocenters. The summed E-state index contributed by atoms with van der Waals surface area (Å²) in [6.07, 6.45) is 0. The fraction of sp³-hybridized carbons (Fsp3) is 0.562. The van der Waals surface area contributed by atoms with Crippen molar-refractivity contribution in [3.8, 4) is 6.07 Å². The van der Waals surface area contributed by atoms with E-state index in [0.29, 0.717) is 0 Å². The van der Waals surface area contributed by atoms with E-state index in [-0.39, 0.29) is 10.8 Å². The average Bonchev–Trinajstić information content (AvgIpc) is 2.13. The number of nitriles is 1. The van der Waals surface area contributed by atoms with Crippen LogP contribution in [0, 0.1) is 18.3 Å². The van der Waals surface area contributed by atoms with E-state index < -0.39 is 0 Å². The molecule has 0 radical (unpaired) electrons. The lowest BCUT2D eigenvalue weighted by Crippen LogP contribution is -2.18. The molecule has 0 aliphatic heterocycles. The molecule has 0 fully saturated rings. The topological polar surface area (TPSA) is 23.8 Å². The standard InChI is InChI=1S/C16H23N/c1-11-8-12(15(2,3)4)9-14(13(11)10-17)16(5,6)7/h8-9H,1-7H3. The number of benzene rings is 1. The molecule has 0 aliphatic carbocycles. The van der Waals surface area contributed by atoms with Crippen LogP contribution in [0.5, 0.6) is 0 Å². The molecule has 0 N–H and O–H groups in total. The van der Waals surface area contributed by atoms with Crippen molar-refractivity contribution in [2.45, 2.75) is 59.3 Å². The first kappa shape index (κ1) is 13.8. The van der Waals surface area contributed by atoms with Gasteiger partial charge in [0.1, 0.15) is 0 Å². The van der Waals surface area contributed by atoms with Gasteiger partial charge in [-0.25, -0.2) is 0 Å². The van der Waals surface area contributed by atoms with Gasteiger partial charge in [0.15, 0.2) is 0 Å². The van der Waals surface area contributed by atoms with E-state index >= 15 is 0 Å². The number of hydrogen-bond donors (Lipinski definition) is 0. The van der Waals surface area contributed by atoms with Crippen LogP contribution in [0.2, 0.25) is 0 Å². The Morgan fingerprint density at radius 2 is 1.47 bits per heavy atom. The molecular weight excluding hydrogens is 206 g/mol. The fourth-order valence-corrected chi connectivity index (χ4v) is 1.96. The Balaban J connectivity index is 3.58. The van der Waals surface area contributed by atoms with Gasteiger partial charge in [-0.05, 0) is 34.4 Å². The van der Waals surface area contributed by atoms with Gasteiger partial charge in [0.2, 0.25) is 0 Å². The molecule has 0 spiro atoms. The van der Waals surface area contributed by atoms with Crippen molar-refractivity contribution in [3.63, 3.8) is 0 Å². The highest BCUT2D eigenvalue weighted by atomic mass is 14.3. The maximum Gasteiger partial charge on any atom is 0.0997 e. The maximum atomic E-state index is 9.31. The third-order valence-corrected chi connectivity index (χ3v) is 3.12. The molecule has 0 heterocycles. The second kappa shape index (κ2) is 4.18. The molecule has 0 saturated carbocycles. The molecule has 1 aromatic rings. The molecule has 0 saturated heterocycles. The van der Waals surface area contributed by atoms with Crippen molar-refractivity contribution in [3.05, 3.63) is 34.4 Å². The van der Waals surface area contributed by atoms with Gasteiger partial charge < -0.3 is 0 Å². The summed E-state index contributed by atoms with van der Waals surface area (Å²) in [5, 5.41) is 9.31. The highest BCUT2D eigenvalue weighted by Crippen LogP contribution is 2.33. The number of hydrogen-bond acceptors (Lipinski definition) is 1. The zero-order chi connectivity index (χ0) is 13.4. The first-order chi connectivity index (χ1) is 7.57. The predicted octanol–water partition coefficient (Wildman–Crippen LogP) is 4.46. The highest BCUT2D eigenvalue weighted by molar-refractivity contribution is 5.50. The van der Waals surface area contributed by atoms with Crippen LogP contribution in [0.4, 0.5) is 0 Å². The monoisotopic (exact) mass is 229 g/mol. The zero-order valence-electron chi connectivity index (χ0n) is 12.1. The molecule has 1 aromatic carbocycles. The summed E-state index contributed by atoms with van der Waals surface area (Å²) in [6, 6.07) is 6.70. The van der Waals surface area contributed by atoms with Crippen LogP contribution in [0.25, 0.3) is 0 Å². The molecule has 17 heavy (non-hydrogen) atoms. The first-order valence-electron chi connectivity index (χ1n) is 6.13. The van der Waals surface area contributed by atoms with Crippen LogP contribution in [0.3, 0.4) is 0 Å². The summed E-state index contributed by atoms with van der Waals surface area (Å²) in [7, 11) is 0. The van der Waals surface area contributed by atoms with Crippen LogP contribution >= 0.6 is 0 Å². The third kappa shape index (κ3) is 2.88. The highest BCUT2D eigenvalue weighted by Gasteiger charge is 2.23. The predicted molar refractivity (Wildman–Crippen MR) is 73.3 cm³/mol. The minimum Gasteiger partial charge on any atom is -0.192 e. The molecule has 1 heteroatoms. The van der Waals surface area contributed by atoms with Crippen LogP contribution in [-0.2, 0) is 10.8 Å². The van der Waals surface area contributed by atoms with Crippen LogP contribution < -0.4 is 0 Å². The summed E-state index contributed by atoms with van der Waals surface area (Å²) in [5.74, 6) is 0. The Hall–Kier alpha value is -1.29. The normalized spacial score (nSPS) is 12.4. The Morgan fingerprint density at radius 1 is 0.941 bits per heavy atom. The Morgan fingerprint density at radius 3 is 1.82 bits per heavy atom. The summed E-state index contributed by atoms with van der Waals surface area (Å²) in [4.78, 5) is 0. The summed E-state index contributed by atoms with van der Waals surface area (Å²) >= 11 is 0. The molecule has 1 rings (SSSR count). The van der Waals surface area contributed by atoms with Crippen molar-refractivity contribution in [2.24, 2.45) is 0 Å². The largest absolute Gasteiger partial charge is 0.192 e. The Bertz CT molecular complexity index is 462. The lowest BCUT2D eigenvalue weighted by atomic mass is 9.77. The van der Waals surface area contributed by atoms with E-state index in [1.807, 2.05) is 6.92 Å². The molecule has 0 aliphatic rings. The molecule has 92 valence electrons. The maximum absolute atomic E-state index is 9.31. The Labute approximate surface area is 105 Å². The first-order valence-corrected chi connectivity index (χ1v) is 6.13. The minimum atomic E-state index is 0.0110. The summed E-state index contributed by atoms with van der Waals surface area (Å²) in [6.45, 7) is 15.1. The molecule has 0 bridgehead atoms. The fourth-order valence-electron chi connectivity index (χ4n) is 1.96. The van der Waals surface area contributed by atoms with Gasteiger partial charge in [0.05, 0.1) is 11.6 Å². The van der Waals surface area contributed by atoms with E-state index in [0.717, 1.165) is 16.7 Å². The van der Waals surface area contributed by atoms with Gasteiger partial charge in [-0.1, -0.05) is 53.7 Å². The van der Waals surface area contributed by atoms with Gasteiger partial charge in [0, 0.05) is 0 Å². The minimum absolute atomic E-state index is 0.0110. The van der Waals surface area contributed by atoms with E-state index in [1.165, 1.54) is 5.56 Å². The molecule has 1 nitrogen and oxygen atoms in total. The number of rotatable bonds is 0. The molecule has 0 amide bonds. The van der Waals surface area contributed by atoms with Crippen molar-refractivity contribution in [1.29, 1.82) is 5.26 Å². The van der Waals surface area contributed by atoms with Crippen molar-refractivity contribution in [2.75, 3.05) is 0 Å². The van der Waals surface area contributed by atoms with Crippen molar-refractivity contribution >= 4 is 0 Å². The van der Waals surface area contributed by atoms with Crippen LogP contribution in [0.1, 0.15) is 63.8 Å². The Kier molecular flexibility index (Phi) is 3.39. The van der Waals surface area contributed by atoms with Gasteiger partial charge in [-0.3, -0.25) is 0 Å². The smallest absolute Gasteiger partial charge is 0.0997 e. The van der Waals surface area contributed by atoms with E-state index in [4.69, 9.17) is 0 Å². The van der Waals surface area contributed by atoms with E-state index in [9.17, 15) is 5.26 Å². The lowest BCUT2D eigenvalue weighted by molar-refractivity contribution is 0.566. The van der Waals surface area contributed by atoms with Crippen LogP contribution in [0.15, 0.2) is 12.1 Å². The molecular formula is C16H23N. The SMILES string of the molecule is Cc1cc(C(C)(C)C)cc(C(C)(C)C)c1C#N. The third-order valence-electron chi connectivity index (χ3n) is 3.12. The van der Waals surface area contributed by atoms with Gasteiger partial charge in [0.25, 0.3) is 0 Å². The van der Waals surface area contributed by atoms with Crippen LogP contribution in [-0.4, -0.2) is 0 Å². The molecule has 0 aromatic heterocycles. The van der Waals surface area contributed by atoms with Gasteiger partial charge >= 0.3 is 0 Å². The van der Waals surface area contributed by atoms with Gasteiger partial charge in [-0.15, -0.1) is 0 Å². The van der Waals surface area contributed by atoms with Gasteiger partial charge in [-0.2, -0.15) is 5.26 Å².